The number of rotatable bonds is 18. The van der Waals surface area contributed by atoms with Gasteiger partial charge in [-0.1, -0.05) is 33.8 Å². The summed E-state index contributed by atoms with van der Waals surface area (Å²) >= 11 is 0. The molecule has 0 aromatic heterocycles. The molecular weight excluding hydrogens is 528 g/mol. The van der Waals surface area contributed by atoms with Crippen LogP contribution in [0, 0.1) is 11.8 Å². The molecule has 4 amide bonds. The van der Waals surface area contributed by atoms with Gasteiger partial charge in [-0.3, -0.25) is 38.4 Å². The third kappa shape index (κ3) is 13.7. The number of carbonyl (C=O) groups excluding carboxylic acids is 4. The summed E-state index contributed by atoms with van der Waals surface area (Å²) in [5.74, 6) is -4.79. The predicted octanol–water partition coefficient (Wildman–Crippen LogP) is 1.02. The molecule has 0 aliphatic heterocycles. The summed E-state index contributed by atoms with van der Waals surface area (Å²) in [6.07, 6.45) is -3.63. The monoisotopic (exact) mass is 566 g/mol. The number of amides is 4. The summed E-state index contributed by atoms with van der Waals surface area (Å²) in [6, 6.07) is 5.35. The molecule has 0 unspecified atom stereocenters. The molecule has 0 saturated heterocycles. The van der Waals surface area contributed by atoms with Crippen LogP contribution in [0.15, 0.2) is 24.3 Å². The van der Waals surface area contributed by atoms with Crippen molar-refractivity contribution in [3.63, 3.8) is 0 Å². The van der Waals surface area contributed by atoms with Crippen LogP contribution in [0.25, 0.3) is 0 Å². The molecule has 14 nitrogen and oxygen atoms in total. The lowest BCUT2D eigenvalue weighted by Crippen LogP contribution is -2.42. The molecule has 0 aliphatic carbocycles. The van der Waals surface area contributed by atoms with E-state index in [0.29, 0.717) is 13.1 Å². The Balaban J connectivity index is 2.84. The molecule has 0 bridgehead atoms. The number of carboxylic acid groups (broad SMARTS) is 2. The minimum atomic E-state index is -1.26. The van der Waals surface area contributed by atoms with Gasteiger partial charge in [0.05, 0.1) is 0 Å². The second-order valence-corrected chi connectivity index (χ2v) is 9.80. The first kappa shape index (κ1) is 34.0. The van der Waals surface area contributed by atoms with Gasteiger partial charge in [-0.25, -0.2) is 11.0 Å². The van der Waals surface area contributed by atoms with E-state index >= 15 is 0 Å². The Bertz CT molecular complexity index is 967. The fraction of sp³-hybridized carbons (Fsp3) is 0.538. The van der Waals surface area contributed by atoms with E-state index in [1.807, 2.05) is 27.7 Å². The second-order valence-electron chi connectivity index (χ2n) is 9.80. The number of hydrogen-bond donors (Lipinski definition) is 6. The molecule has 1 rings (SSSR count). The van der Waals surface area contributed by atoms with Gasteiger partial charge < -0.3 is 20.8 Å². The Hall–Kier alpha value is -4.04. The molecular formula is C26H38N4O10. The van der Waals surface area contributed by atoms with Crippen LogP contribution in [0.2, 0.25) is 0 Å². The van der Waals surface area contributed by atoms with Crippen molar-refractivity contribution in [3.05, 3.63) is 35.4 Å². The second kappa shape index (κ2) is 17.5. The first-order valence-electron chi connectivity index (χ1n) is 12.8. The van der Waals surface area contributed by atoms with Crippen molar-refractivity contribution < 1.29 is 48.7 Å². The average molecular weight is 567 g/mol. The lowest BCUT2D eigenvalue weighted by molar-refractivity contribution is -0.143. The Labute approximate surface area is 232 Å². The van der Waals surface area contributed by atoms with Gasteiger partial charge >= 0.3 is 11.9 Å². The first-order chi connectivity index (χ1) is 18.8. The SMILES string of the molecule is CC(C)CNC(=O)[C@@H](CCC(=O)O)ONC(=O)c1cccc(C(=O)NO[C@H](CCC(=O)O)C(=O)NCC(C)C)c1. The Kier molecular flexibility index (Phi) is 14.9. The number of carbonyl (C=O) groups is 6. The van der Waals surface area contributed by atoms with Crippen molar-refractivity contribution in [1.29, 1.82) is 0 Å². The van der Waals surface area contributed by atoms with Crippen LogP contribution in [0.1, 0.15) is 74.1 Å². The normalized spacial score (nSPS) is 12.3. The Morgan fingerprint density at radius 3 is 1.40 bits per heavy atom. The fourth-order valence-electron chi connectivity index (χ4n) is 3.00. The van der Waals surface area contributed by atoms with Crippen LogP contribution in [0.5, 0.6) is 0 Å². The number of hydroxylamine groups is 2. The highest BCUT2D eigenvalue weighted by Gasteiger charge is 2.24. The van der Waals surface area contributed by atoms with Crippen molar-refractivity contribution in [3.8, 4) is 0 Å². The Morgan fingerprint density at radius 2 is 1.07 bits per heavy atom. The predicted molar refractivity (Wildman–Crippen MR) is 141 cm³/mol. The van der Waals surface area contributed by atoms with E-state index in [-0.39, 0.29) is 48.6 Å². The van der Waals surface area contributed by atoms with E-state index in [0.717, 1.165) is 0 Å². The summed E-state index contributed by atoms with van der Waals surface area (Å²) in [5.41, 5.74) is 4.17. The van der Waals surface area contributed by atoms with Crippen LogP contribution in [-0.4, -0.2) is 71.1 Å². The van der Waals surface area contributed by atoms with Gasteiger partial charge in [-0.15, -0.1) is 0 Å². The van der Waals surface area contributed by atoms with E-state index in [4.69, 9.17) is 19.9 Å². The molecule has 0 radical (unpaired) electrons. The van der Waals surface area contributed by atoms with Gasteiger partial charge in [0.1, 0.15) is 0 Å². The van der Waals surface area contributed by atoms with E-state index in [9.17, 15) is 28.8 Å². The molecule has 222 valence electrons. The molecule has 1 aromatic carbocycles. The molecule has 2 atom stereocenters. The summed E-state index contributed by atoms with van der Waals surface area (Å²) in [7, 11) is 0. The van der Waals surface area contributed by atoms with Gasteiger partial charge in [0, 0.05) is 37.1 Å². The molecule has 0 fully saturated rings. The minimum Gasteiger partial charge on any atom is -0.481 e. The van der Waals surface area contributed by atoms with Crippen LogP contribution < -0.4 is 21.6 Å². The molecule has 0 spiro atoms. The zero-order chi connectivity index (χ0) is 30.2. The van der Waals surface area contributed by atoms with Crippen LogP contribution in [0.3, 0.4) is 0 Å². The lowest BCUT2D eigenvalue weighted by Gasteiger charge is -2.18. The maximum atomic E-state index is 12.6. The average Bonchev–Trinajstić information content (AvgIpc) is 2.89. The number of benzene rings is 1. The lowest BCUT2D eigenvalue weighted by atomic mass is 10.1. The van der Waals surface area contributed by atoms with E-state index < -0.39 is 47.8 Å². The highest BCUT2D eigenvalue weighted by molar-refractivity contribution is 5.99. The van der Waals surface area contributed by atoms with Gasteiger partial charge in [0.25, 0.3) is 23.6 Å². The zero-order valence-corrected chi connectivity index (χ0v) is 23.0. The van der Waals surface area contributed by atoms with Crippen LogP contribution >= 0.6 is 0 Å². The van der Waals surface area contributed by atoms with Gasteiger partial charge in [0.2, 0.25) is 0 Å². The maximum Gasteiger partial charge on any atom is 0.303 e. The standard InChI is InChI=1S/C26H38N4O10/c1-15(2)13-27-25(37)19(8-10-21(31)32)39-29-23(35)17-6-5-7-18(12-17)24(36)30-40-20(9-11-22(33)34)26(38)28-14-16(3)4/h5-7,12,15-16,19-20H,8-11,13-14H2,1-4H3,(H,27,37)(H,28,38)(H,29,35)(H,30,36)(H,31,32)(H,33,34)/t19-,20-/m1/s1. The quantitative estimate of drug-likeness (QED) is 0.139. The van der Waals surface area contributed by atoms with Crippen LogP contribution in [0.4, 0.5) is 0 Å². The molecule has 6 N–H and O–H groups in total. The smallest absolute Gasteiger partial charge is 0.303 e. The van der Waals surface area contributed by atoms with E-state index in [1.54, 1.807) is 0 Å². The van der Waals surface area contributed by atoms with E-state index in [1.165, 1.54) is 24.3 Å². The number of hydrogen-bond acceptors (Lipinski definition) is 8. The summed E-state index contributed by atoms with van der Waals surface area (Å²) in [6.45, 7) is 8.16. The largest absolute Gasteiger partial charge is 0.481 e. The van der Waals surface area contributed by atoms with Crippen molar-refractivity contribution in [2.45, 2.75) is 65.6 Å². The maximum absolute atomic E-state index is 12.6. The first-order valence-corrected chi connectivity index (χ1v) is 12.8. The molecule has 40 heavy (non-hydrogen) atoms. The number of aliphatic carboxylic acids is 2. The molecule has 0 heterocycles. The topological polar surface area (TPSA) is 209 Å². The van der Waals surface area contributed by atoms with Crippen LogP contribution in [-0.2, 0) is 28.9 Å². The Morgan fingerprint density at radius 1 is 0.700 bits per heavy atom. The fourth-order valence-corrected chi connectivity index (χ4v) is 3.00. The van der Waals surface area contributed by atoms with Gasteiger partial charge in [-0.2, -0.15) is 0 Å². The summed E-state index contributed by atoms with van der Waals surface area (Å²) in [5, 5.41) is 23.1. The number of carboxylic acids is 2. The van der Waals surface area contributed by atoms with E-state index in [2.05, 4.69) is 21.6 Å². The van der Waals surface area contributed by atoms with Crippen molar-refractivity contribution in [2.24, 2.45) is 11.8 Å². The highest BCUT2D eigenvalue weighted by Crippen LogP contribution is 2.09. The summed E-state index contributed by atoms with van der Waals surface area (Å²) < 4.78 is 0. The van der Waals surface area contributed by atoms with Crippen molar-refractivity contribution >= 4 is 35.6 Å². The molecule has 1 aromatic rings. The zero-order valence-electron chi connectivity index (χ0n) is 23.0. The van der Waals surface area contributed by atoms with Crippen molar-refractivity contribution in [1.82, 2.24) is 21.6 Å². The highest BCUT2D eigenvalue weighted by atomic mass is 16.7. The molecule has 0 saturated carbocycles. The third-order valence-corrected chi connectivity index (χ3v) is 5.17. The third-order valence-electron chi connectivity index (χ3n) is 5.17. The van der Waals surface area contributed by atoms with Gasteiger partial charge in [-0.05, 0) is 42.9 Å². The summed E-state index contributed by atoms with van der Waals surface area (Å²) in [4.78, 5) is 82.3. The van der Waals surface area contributed by atoms with Gasteiger partial charge in [0.15, 0.2) is 12.2 Å². The van der Waals surface area contributed by atoms with Crippen molar-refractivity contribution in [2.75, 3.05) is 13.1 Å². The molecule has 14 heteroatoms. The minimum absolute atomic E-state index is 0.0238. The molecule has 0 aliphatic rings. The number of nitrogens with one attached hydrogen (secondary N) is 4.